The van der Waals surface area contributed by atoms with Crippen LogP contribution in [0.25, 0.3) is 0 Å². The van der Waals surface area contributed by atoms with Crippen molar-refractivity contribution in [2.45, 2.75) is 69.7 Å². The van der Waals surface area contributed by atoms with Crippen LogP contribution in [0.15, 0.2) is 11.6 Å². The Labute approximate surface area is 141 Å². The lowest BCUT2D eigenvalue weighted by atomic mass is 9.48. The van der Waals surface area contributed by atoms with Gasteiger partial charge in [-0.05, 0) is 68.1 Å². The predicted octanol–water partition coefficient (Wildman–Crippen LogP) is 4.25. The first-order valence-corrected chi connectivity index (χ1v) is 9.84. The first-order chi connectivity index (χ1) is 10.4. The first-order valence-electron chi connectivity index (χ1n) is 8.92. The van der Waals surface area contributed by atoms with E-state index < -0.39 is 0 Å². The van der Waals surface area contributed by atoms with Crippen molar-refractivity contribution in [1.29, 1.82) is 0 Å². The van der Waals surface area contributed by atoms with Gasteiger partial charge in [0.05, 0.1) is 10.9 Å². The fourth-order valence-corrected chi connectivity index (χ4v) is 7.32. The second-order valence-corrected chi connectivity index (χ2v) is 9.78. The Morgan fingerprint density at radius 1 is 1.18 bits per heavy atom. The number of carbonyl (C=O) groups is 1. The zero-order valence-corrected chi connectivity index (χ0v) is 15.2. The predicted molar refractivity (Wildman–Crippen MR) is 90.8 cm³/mol. The van der Waals surface area contributed by atoms with Gasteiger partial charge < -0.3 is 5.11 Å². The normalized spacial score (nSPS) is 54.3. The minimum atomic E-state index is -0.135. The van der Waals surface area contributed by atoms with Gasteiger partial charge in [0, 0.05) is 5.41 Å². The summed E-state index contributed by atoms with van der Waals surface area (Å²) in [5.74, 6) is 2.37. The van der Waals surface area contributed by atoms with E-state index in [0.29, 0.717) is 23.5 Å². The quantitative estimate of drug-likeness (QED) is 0.513. The van der Waals surface area contributed by atoms with Crippen molar-refractivity contribution in [3.8, 4) is 0 Å². The van der Waals surface area contributed by atoms with Crippen molar-refractivity contribution in [1.82, 2.24) is 0 Å². The van der Waals surface area contributed by atoms with E-state index in [-0.39, 0.29) is 21.8 Å². The lowest BCUT2D eigenvalue weighted by molar-refractivity contribution is -0.131. The number of halogens is 1. The summed E-state index contributed by atoms with van der Waals surface area (Å²) in [6, 6.07) is 0. The number of hydrogen-bond donors (Lipinski definition) is 1. The number of Topliss-reactive ketones (excluding diaryl/α,β-unsaturated/α-hetero) is 1. The van der Waals surface area contributed by atoms with Crippen molar-refractivity contribution in [2.75, 3.05) is 0 Å². The molecule has 3 heteroatoms. The Balaban J connectivity index is 1.70. The number of aliphatic hydroxyl groups excluding tert-OH is 1. The van der Waals surface area contributed by atoms with Crippen LogP contribution < -0.4 is 0 Å². The molecule has 2 nitrogen and oxygen atoms in total. The van der Waals surface area contributed by atoms with Crippen molar-refractivity contribution >= 4 is 21.7 Å². The highest BCUT2D eigenvalue weighted by Crippen LogP contribution is 2.64. The van der Waals surface area contributed by atoms with Gasteiger partial charge in [0.2, 0.25) is 0 Å². The number of rotatable bonds is 0. The molecule has 4 rings (SSSR count). The summed E-state index contributed by atoms with van der Waals surface area (Å²) < 4.78 is 0. The number of carbonyl (C=O) groups excluding carboxylic acids is 1. The third-order valence-electron chi connectivity index (χ3n) is 7.78. The van der Waals surface area contributed by atoms with Gasteiger partial charge in [-0.2, -0.15) is 0 Å². The van der Waals surface area contributed by atoms with E-state index in [2.05, 4.69) is 35.9 Å². The molecule has 0 saturated heterocycles. The topological polar surface area (TPSA) is 37.3 Å². The smallest absolute Gasteiger partial charge is 0.152 e. The van der Waals surface area contributed by atoms with Gasteiger partial charge >= 0.3 is 0 Å². The summed E-state index contributed by atoms with van der Waals surface area (Å²) in [4.78, 5) is 12.7. The van der Waals surface area contributed by atoms with Crippen LogP contribution >= 0.6 is 15.9 Å². The summed E-state index contributed by atoms with van der Waals surface area (Å²) in [5, 5.41) is 10.0. The molecule has 0 aromatic carbocycles. The van der Waals surface area contributed by atoms with Crippen LogP contribution in [0.1, 0.15) is 58.8 Å². The Bertz CT molecular complexity index is 542. The highest BCUT2D eigenvalue weighted by molar-refractivity contribution is 9.10. The third kappa shape index (κ3) is 1.90. The number of alkyl halides is 1. The van der Waals surface area contributed by atoms with Gasteiger partial charge in [0.25, 0.3) is 0 Å². The third-order valence-corrected chi connectivity index (χ3v) is 8.57. The molecular weight excluding hydrogens is 340 g/mol. The molecule has 3 saturated carbocycles. The van der Waals surface area contributed by atoms with Crippen LogP contribution in [0, 0.1) is 28.6 Å². The molecule has 3 fully saturated rings. The molecule has 1 N–H and O–H groups in total. The van der Waals surface area contributed by atoms with Gasteiger partial charge in [0.1, 0.15) is 0 Å². The standard InChI is InChI=1S/C19H27BrO2/c1-18-7-5-12(21)9-11(18)3-4-13-14(18)6-8-19(2)15(13)10-16(20)17(19)22/h3,12-16,21H,4-10H2,1-2H3/t12-,13+,14-,15?,16+,18-,19-/m0/s1. The second kappa shape index (κ2) is 4.92. The van der Waals surface area contributed by atoms with Crippen LogP contribution in [0.2, 0.25) is 0 Å². The zero-order valence-electron chi connectivity index (χ0n) is 13.6. The maximum absolute atomic E-state index is 12.6. The largest absolute Gasteiger partial charge is 0.393 e. The molecule has 7 atom stereocenters. The molecule has 0 bridgehead atoms. The maximum Gasteiger partial charge on any atom is 0.152 e. The van der Waals surface area contributed by atoms with Gasteiger partial charge in [-0.15, -0.1) is 0 Å². The Morgan fingerprint density at radius 2 is 1.91 bits per heavy atom. The number of aliphatic hydroxyl groups is 1. The zero-order chi connectivity index (χ0) is 15.7. The van der Waals surface area contributed by atoms with Gasteiger partial charge in [-0.1, -0.05) is 41.4 Å². The van der Waals surface area contributed by atoms with Gasteiger partial charge in [0.15, 0.2) is 5.78 Å². The van der Waals surface area contributed by atoms with E-state index in [1.54, 1.807) is 0 Å². The molecule has 0 spiro atoms. The molecule has 4 aliphatic rings. The molecule has 0 aromatic rings. The van der Waals surface area contributed by atoms with Crippen LogP contribution in [-0.4, -0.2) is 21.8 Å². The number of allylic oxidation sites excluding steroid dienone is 1. The van der Waals surface area contributed by atoms with Crippen LogP contribution in [-0.2, 0) is 4.79 Å². The summed E-state index contributed by atoms with van der Waals surface area (Å²) in [6.45, 7) is 4.66. The maximum atomic E-state index is 12.6. The molecule has 0 heterocycles. The Kier molecular flexibility index (Phi) is 3.44. The summed E-state index contributed by atoms with van der Waals surface area (Å²) in [5.41, 5.74) is 1.69. The molecule has 1 unspecified atom stereocenters. The molecule has 0 amide bonds. The molecule has 0 aliphatic heterocycles. The van der Waals surface area contributed by atoms with Gasteiger partial charge in [-0.25, -0.2) is 0 Å². The molecule has 0 aromatic heterocycles. The molecule has 4 aliphatic carbocycles. The van der Waals surface area contributed by atoms with E-state index in [9.17, 15) is 9.90 Å². The molecular formula is C19H27BrO2. The fourth-order valence-electron chi connectivity index (χ4n) is 6.39. The highest BCUT2D eigenvalue weighted by Gasteiger charge is 2.60. The number of hydrogen-bond acceptors (Lipinski definition) is 2. The number of fused-ring (bicyclic) bond motifs is 5. The molecule has 0 radical (unpaired) electrons. The van der Waals surface area contributed by atoms with Crippen molar-refractivity contribution in [3.05, 3.63) is 11.6 Å². The lowest BCUT2D eigenvalue weighted by Crippen LogP contribution is -2.50. The average molecular weight is 367 g/mol. The summed E-state index contributed by atoms with van der Waals surface area (Å²) in [6.07, 6.45) is 9.63. The average Bonchev–Trinajstić information content (AvgIpc) is 2.72. The van der Waals surface area contributed by atoms with E-state index >= 15 is 0 Å². The SMILES string of the molecule is C[C@]12CC[C@H](O)CC1=CC[C@H]1C3C[C@@H](Br)C(=O)[C@@]3(C)CC[C@@H]12. The van der Waals surface area contributed by atoms with E-state index in [0.717, 1.165) is 38.5 Å². The van der Waals surface area contributed by atoms with E-state index in [1.807, 2.05) is 0 Å². The summed E-state index contributed by atoms with van der Waals surface area (Å²) >= 11 is 3.64. The number of ketones is 1. The van der Waals surface area contributed by atoms with Crippen LogP contribution in [0.3, 0.4) is 0 Å². The highest BCUT2D eigenvalue weighted by atomic mass is 79.9. The monoisotopic (exact) mass is 366 g/mol. The minimum Gasteiger partial charge on any atom is -0.393 e. The van der Waals surface area contributed by atoms with Crippen molar-refractivity contribution in [3.63, 3.8) is 0 Å². The Morgan fingerprint density at radius 3 is 2.68 bits per heavy atom. The van der Waals surface area contributed by atoms with Gasteiger partial charge in [-0.3, -0.25) is 4.79 Å². The minimum absolute atomic E-state index is 0.0765. The fraction of sp³-hybridized carbons (Fsp3) is 0.842. The van der Waals surface area contributed by atoms with Crippen LogP contribution in [0.4, 0.5) is 0 Å². The Hall–Kier alpha value is -0.150. The van der Waals surface area contributed by atoms with E-state index in [1.165, 1.54) is 12.0 Å². The summed E-state index contributed by atoms with van der Waals surface area (Å²) in [7, 11) is 0. The van der Waals surface area contributed by atoms with Crippen molar-refractivity contribution in [2.24, 2.45) is 28.6 Å². The van der Waals surface area contributed by atoms with E-state index in [4.69, 9.17) is 0 Å². The first kappa shape index (κ1) is 15.4. The lowest BCUT2D eigenvalue weighted by Gasteiger charge is -2.56. The van der Waals surface area contributed by atoms with Crippen LogP contribution in [0.5, 0.6) is 0 Å². The second-order valence-electron chi connectivity index (χ2n) is 8.68. The molecule has 22 heavy (non-hydrogen) atoms. The van der Waals surface area contributed by atoms with Crippen molar-refractivity contribution < 1.29 is 9.90 Å². The molecule has 122 valence electrons.